The van der Waals surface area contributed by atoms with Gasteiger partial charge in [-0.2, -0.15) is 5.10 Å². The van der Waals surface area contributed by atoms with Crippen molar-refractivity contribution >= 4 is 5.97 Å². The minimum absolute atomic E-state index is 0.199. The van der Waals surface area contributed by atoms with Crippen LogP contribution in [0.15, 0.2) is 97.2 Å². The number of hydrogen-bond acceptors (Lipinski definition) is 3. The predicted octanol–water partition coefficient (Wildman–Crippen LogP) is 5.22. The smallest absolute Gasteiger partial charge is 0.306 e. The molecule has 1 heterocycles. The first-order valence-corrected chi connectivity index (χ1v) is 9.68. The predicted molar refractivity (Wildman–Crippen MR) is 114 cm³/mol. The van der Waals surface area contributed by atoms with Crippen molar-refractivity contribution in [3.63, 3.8) is 0 Å². The largest absolute Gasteiger partial charge is 0.461 e. The van der Waals surface area contributed by atoms with Gasteiger partial charge in [0.15, 0.2) is 0 Å². The summed E-state index contributed by atoms with van der Waals surface area (Å²) >= 11 is 0. The summed E-state index contributed by atoms with van der Waals surface area (Å²) in [6, 6.07) is 29.8. The summed E-state index contributed by atoms with van der Waals surface area (Å²) in [5, 5.41) is 4.75. The lowest BCUT2D eigenvalue weighted by atomic mass is 10.1. The standard InChI is InChI=1S/C25H22N2O2/c28-24(17-16-20-10-4-1-5-11-20)29-19-22-18-27(23-14-8-3-9-15-23)26-25(22)21-12-6-2-7-13-21/h1-15,18H,16-17,19H2. The summed E-state index contributed by atoms with van der Waals surface area (Å²) in [4.78, 5) is 12.3. The fraction of sp³-hybridized carbons (Fsp3) is 0.120. The molecule has 0 bridgehead atoms. The highest BCUT2D eigenvalue weighted by Gasteiger charge is 2.14. The van der Waals surface area contributed by atoms with E-state index in [1.165, 1.54) is 0 Å². The van der Waals surface area contributed by atoms with Gasteiger partial charge in [-0.1, -0.05) is 78.9 Å². The van der Waals surface area contributed by atoms with Crippen molar-refractivity contribution in [2.75, 3.05) is 0 Å². The highest BCUT2D eigenvalue weighted by atomic mass is 16.5. The van der Waals surface area contributed by atoms with Crippen LogP contribution in [0.2, 0.25) is 0 Å². The average molecular weight is 382 g/mol. The molecule has 0 aliphatic carbocycles. The zero-order valence-electron chi connectivity index (χ0n) is 16.1. The fourth-order valence-corrected chi connectivity index (χ4v) is 3.19. The first kappa shape index (κ1) is 18.7. The number of aromatic nitrogens is 2. The molecule has 0 saturated heterocycles. The Labute approximate surface area is 170 Å². The minimum Gasteiger partial charge on any atom is -0.461 e. The first-order valence-electron chi connectivity index (χ1n) is 9.68. The molecule has 0 unspecified atom stereocenters. The second-order valence-electron chi connectivity index (χ2n) is 6.80. The third-order valence-corrected chi connectivity index (χ3v) is 4.71. The molecule has 4 aromatic rings. The SMILES string of the molecule is O=C(CCc1ccccc1)OCc1cn(-c2ccccc2)nc1-c1ccccc1. The monoisotopic (exact) mass is 382 g/mol. The lowest BCUT2D eigenvalue weighted by Gasteiger charge is -2.05. The molecule has 144 valence electrons. The summed E-state index contributed by atoms with van der Waals surface area (Å²) in [6.45, 7) is 0.199. The molecule has 0 fully saturated rings. The van der Waals surface area contributed by atoms with Gasteiger partial charge in [0.1, 0.15) is 6.61 Å². The second-order valence-corrected chi connectivity index (χ2v) is 6.80. The van der Waals surface area contributed by atoms with Gasteiger partial charge in [0, 0.05) is 23.7 Å². The Morgan fingerprint density at radius 3 is 2.14 bits per heavy atom. The number of para-hydroxylation sites is 1. The van der Waals surface area contributed by atoms with E-state index < -0.39 is 0 Å². The van der Waals surface area contributed by atoms with E-state index in [2.05, 4.69) is 0 Å². The van der Waals surface area contributed by atoms with Crippen molar-refractivity contribution in [2.45, 2.75) is 19.4 Å². The Morgan fingerprint density at radius 1 is 0.828 bits per heavy atom. The van der Waals surface area contributed by atoms with Crippen molar-refractivity contribution < 1.29 is 9.53 Å². The number of rotatable bonds is 7. The Hall–Kier alpha value is -3.66. The Morgan fingerprint density at radius 2 is 1.45 bits per heavy atom. The zero-order chi connectivity index (χ0) is 19.9. The zero-order valence-corrected chi connectivity index (χ0v) is 16.1. The summed E-state index contributed by atoms with van der Waals surface area (Å²) in [5.41, 5.74) is 4.80. The number of esters is 1. The molecular formula is C25H22N2O2. The molecule has 4 rings (SSSR count). The van der Waals surface area contributed by atoms with E-state index >= 15 is 0 Å². The third kappa shape index (κ3) is 4.79. The number of carbonyl (C=O) groups excluding carboxylic acids is 1. The summed E-state index contributed by atoms with van der Waals surface area (Å²) < 4.78 is 7.40. The van der Waals surface area contributed by atoms with E-state index in [4.69, 9.17) is 9.84 Å². The van der Waals surface area contributed by atoms with Gasteiger partial charge in [-0.15, -0.1) is 0 Å². The van der Waals surface area contributed by atoms with Crippen molar-refractivity contribution in [2.24, 2.45) is 0 Å². The first-order chi connectivity index (χ1) is 14.3. The van der Waals surface area contributed by atoms with Gasteiger partial charge < -0.3 is 4.74 Å². The van der Waals surface area contributed by atoms with Crippen molar-refractivity contribution in [1.29, 1.82) is 0 Å². The van der Waals surface area contributed by atoms with E-state index in [1.54, 1.807) is 0 Å². The van der Waals surface area contributed by atoms with Crippen LogP contribution in [0.1, 0.15) is 17.5 Å². The summed E-state index contributed by atoms with van der Waals surface area (Å²) in [6.07, 6.45) is 2.97. The maximum atomic E-state index is 12.3. The maximum Gasteiger partial charge on any atom is 0.306 e. The van der Waals surface area contributed by atoms with Gasteiger partial charge in [0.25, 0.3) is 0 Å². The van der Waals surface area contributed by atoms with E-state index in [0.717, 1.165) is 28.1 Å². The molecule has 0 aliphatic rings. The van der Waals surface area contributed by atoms with Crippen LogP contribution in [-0.2, 0) is 22.6 Å². The molecule has 0 aliphatic heterocycles. The van der Waals surface area contributed by atoms with Crippen LogP contribution in [0.5, 0.6) is 0 Å². The molecule has 4 heteroatoms. The number of aryl methyl sites for hydroxylation is 1. The van der Waals surface area contributed by atoms with Gasteiger partial charge in [0.2, 0.25) is 0 Å². The molecule has 29 heavy (non-hydrogen) atoms. The summed E-state index contributed by atoms with van der Waals surface area (Å²) in [7, 11) is 0. The van der Waals surface area contributed by atoms with E-state index in [1.807, 2.05) is 102 Å². The lowest BCUT2D eigenvalue weighted by molar-refractivity contribution is -0.144. The number of nitrogens with zero attached hydrogens (tertiary/aromatic N) is 2. The fourth-order valence-electron chi connectivity index (χ4n) is 3.19. The van der Waals surface area contributed by atoms with E-state index in [-0.39, 0.29) is 12.6 Å². The molecule has 0 radical (unpaired) electrons. The van der Waals surface area contributed by atoms with Gasteiger partial charge in [-0.05, 0) is 24.1 Å². The Balaban J connectivity index is 1.49. The van der Waals surface area contributed by atoms with Crippen molar-refractivity contribution in [1.82, 2.24) is 9.78 Å². The molecule has 0 saturated carbocycles. The van der Waals surface area contributed by atoms with E-state index in [9.17, 15) is 4.79 Å². The van der Waals surface area contributed by atoms with Crippen LogP contribution in [0.3, 0.4) is 0 Å². The van der Waals surface area contributed by atoms with Gasteiger partial charge in [0.05, 0.1) is 11.4 Å². The molecule has 0 atom stereocenters. The van der Waals surface area contributed by atoms with Crippen LogP contribution in [0.4, 0.5) is 0 Å². The molecule has 0 amide bonds. The van der Waals surface area contributed by atoms with Crippen LogP contribution < -0.4 is 0 Å². The number of ether oxygens (including phenoxy) is 1. The molecule has 0 spiro atoms. The molecule has 0 N–H and O–H groups in total. The lowest BCUT2D eigenvalue weighted by Crippen LogP contribution is -2.06. The Bertz CT molecular complexity index is 1060. The van der Waals surface area contributed by atoms with Crippen LogP contribution >= 0.6 is 0 Å². The van der Waals surface area contributed by atoms with Crippen LogP contribution in [0.25, 0.3) is 16.9 Å². The second kappa shape index (κ2) is 9.02. The topological polar surface area (TPSA) is 44.1 Å². The number of carbonyl (C=O) groups is 1. The Kier molecular flexibility index (Phi) is 5.81. The molecule has 3 aromatic carbocycles. The summed E-state index contributed by atoms with van der Waals surface area (Å²) in [5.74, 6) is -0.208. The molecule has 1 aromatic heterocycles. The van der Waals surface area contributed by atoms with Crippen LogP contribution in [-0.4, -0.2) is 15.7 Å². The number of hydrogen-bond donors (Lipinski definition) is 0. The molecular weight excluding hydrogens is 360 g/mol. The quantitative estimate of drug-likeness (QED) is 0.412. The van der Waals surface area contributed by atoms with Gasteiger partial charge in [-0.25, -0.2) is 4.68 Å². The van der Waals surface area contributed by atoms with Crippen molar-refractivity contribution in [3.05, 3.63) is 108 Å². The van der Waals surface area contributed by atoms with E-state index in [0.29, 0.717) is 12.8 Å². The normalized spacial score (nSPS) is 10.6. The highest BCUT2D eigenvalue weighted by molar-refractivity contribution is 5.70. The third-order valence-electron chi connectivity index (χ3n) is 4.71. The highest BCUT2D eigenvalue weighted by Crippen LogP contribution is 2.24. The van der Waals surface area contributed by atoms with Gasteiger partial charge >= 0.3 is 5.97 Å². The molecule has 4 nitrogen and oxygen atoms in total. The minimum atomic E-state index is -0.208. The average Bonchev–Trinajstić information content (AvgIpc) is 3.22. The van der Waals surface area contributed by atoms with Crippen molar-refractivity contribution in [3.8, 4) is 16.9 Å². The maximum absolute atomic E-state index is 12.3. The van der Waals surface area contributed by atoms with Gasteiger partial charge in [-0.3, -0.25) is 4.79 Å². The van der Waals surface area contributed by atoms with Crippen LogP contribution in [0, 0.1) is 0 Å². The number of benzene rings is 3.